The molecule has 1 fully saturated rings. The summed E-state index contributed by atoms with van der Waals surface area (Å²) >= 11 is 0. The summed E-state index contributed by atoms with van der Waals surface area (Å²) in [4.78, 5) is 27.1. The number of para-hydroxylation sites is 1. The monoisotopic (exact) mass is 353 g/mol. The standard InChI is InChI=1S/C19H23N5O2/c25-18(21-14-4-2-1-3-5-14)13-7-10-24(11-8-13)19(26)17-15-12-20-9-6-16(15)22-23-17/h1-5,13,20H,6-12H2,(H,21,25)(H,22,23). The number of piperidine rings is 1. The van der Waals surface area contributed by atoms with Crippen LogP contribution in [-0.2, 0) is 17.8 Å². The summed E-state index contributed by atoms with van der Waals surface area (Å²) in [6.07, 6.45) is 2.22. The lowest BCUT2D eigenvalue weighted by Gasteiger charge is -2.31. The zero-order valence-electron chi connectivity index (χ0n) is 14.6. The van der Waals surface area contributed by atoms with Crippen LogP contribution in [0.15, 0.2) is 30.3 Å². The number of H-pyrrole nitrogens is 1. The number of nitrogens with zero attached hydrogens (tertiary/aromatic N) is 2. The van der Waals surface area contributed by atoms with Crippen LogP contribution in [0.4, 0.5) is 5.69 Å². The highest BCUT2D eigenvalue weighted by atomic mass is 16.2. The number of aromatic amines is 1. The van der Waals surface area contributed by atoms with Crippen LogP contribution in [0, 0.1) is 5.92 Å². The van der Waals surface area contributed by atoms with Crippen molar-refractivity contribution in [2.75, 3.05) is 25.0 Å². The first kappa shape index (κ1) is 16.8. The number of fused-ring (bicyclic) bond motifs is 1. The highest BCUT2D eigenvalue weighted by Crippen LogP contribution is 2.23. The van der Waals surface area contributed by atoms with E-state index in [9.17, 15) is 9.59 Å². The first-order valence-electron chi connectivity index (χ1n) is 9.14. The quantitative estimate of drug-likeness (QED) is 0.781. The van der Waals surface area contributed by atoms with Crippen LogP contribution in [0.2, 0.25) is 0 Å². The molecule has 1 saturated heterocycles. The van der Waals surface area contributed by atoms with Crippen LogP contribution in [0.25, 0.3) is 0 Å². The molecule has 2 aromatic rings. The Balaban J connectivity index is 1.35. The Kier molecular flexibility index (Phi) is 4.71. The summed E-state index contributed by atoms with van der Waals surface area (Å²) in [5.41, 5.74) is 3.39. The lowest BCUT2D eigenvalue weighted by Crippen LogP contribution is -2.42. The highest BCUT2D eigenvalue weighted by Gasteiger charge is 2.31. The van der Waals surface area contributed by atoms with Crippen molar-refractivity contribution in [3.63, 3.8) is 0 Å². The van der Waals surface area contributed by atoms with Crippen molar-refractivity contribution < 1.29 is 9.59 Å². The Morgan fingerprint density at radius 2 is 1.92 bits per heavy atom. The van der Waals surface area contributed by atoms with E-state index in [1.165, 1.54) is 0 Å². The molecule has 3 N–H and O–H groups in total. The fraction of sp³-hybridized carbons (Fsp3) is 0.421. The van der Waals surface area contributed by atoms with E-state index in [1.807, 2.05) is 35.2 Å². The zero-order chi connectivity index (χ0) is 17.9. The second-order valence-corrected chi connectivity index (χ2v) is 6.88. The number of nitrogens with one attached hydrogen (secondary N) is 3. The molecule has 2 amide bonds. The van der Waals surface area contributed by atoms with E-state index < -0.39 is 0 Å². The molecule has 7 heteroatoms. The lowest BCUT2D eigenvalue weighted by molar-refractivity contribution is -0.121. The zero-order valence-corrected chi connectivity index (χ0v) is 14.6. The number of hydrogen-bond donors (Lipinski definition) is 3. The molecule has 1 aromatic carbocycles. The smallest absolute Gasteiger partial charge is 0.274 e. The number of rotatable bonds is 3. The summed E-state index contributed by atoms with van der Waals surface area (Å²) in [7, 11) is 0. The molecule has 136 valence electrons. The van der Waals surface area contributed by atoms with Gasteiger partial charge >= 0.3 is 0 Å². The van der Waals surface area contributed by atoms with Gasteiger partial charge in [0.2, 0.25) is 5.91 Å². The van der Waals surface area contributed by atoms with Crippen LogP contribution < -0.4 is 10.6 Å². The van der Waals surface area contributed by atoms with Crippen LogP contribution in [0.1, 0.15) is 34.6 Å². The van der Waals surface area contributed by atoms with Gasteiger partial charge in [0.1, 0.15) is 0 Å². The molecule has 3 heterocycles. The van der Waals surface area contributed by atoms with Crippen LogP contribution in [0.5, 0.6) is 0 Å². The molecule has 26 heavy (non-hydrogen) atoms. The maximum atomic E-state index is 12.8. The average Bonchev–Trinajstić information content (AvgIpc) is 3.12. The van der Waals surface area contributed by atoms with Gasteiger partial charge < -0.3 is 15.5 Å². The average molecular weight is 353 g/mol. The third kappa shape index (κ3) is 3.35. The van der Waals surface area contributed by atoms with E-state index in [0.717, 1.165) is 29.9 Å². The number of likely N-dealkylation sites (tertiary alicyclic amines) is 1. The molecule has 0 atom stereocenters. The Labute approximate surface area is 152 Å². The van der Waals surface area contributed by atoms with E-state index in [-0.39, 0.29) is 17.7 Å². The molecule has 1 aromatic heterocycles. The third-order valence-electron chi connectivity index (χ3n) is 5.20. The molecule has 7 nitrogen and oxygen atoms in total. The molecule has 2 aliphatic rings. The SMILES string of the molecule is O=C(Nc1ccccc1)C1CCN(C(=O)c2n[nH]c3c2CNCC3)CC1. The molecular formula is C19H23N5O2. The minimum atomic E-state index is -0.0611. The summed E-state index contributed by atoms with van der Waals surface area (Å²) in [5.74, 6) is -0.0632. The number of carbonyl (C=O) groups excluding carboxylic acids is 2. The maximum absolute atomic E-state index is 12.8. The normalized spacial score (nSPS) is 17.6. The summed E-state index contributed by atoms with van der Waals surface area (Å²) < 4.78 is 0. The van der Waals surface area contributed by atoms with E-state index >= 15 is 0 Å². The fourth-order valence-electron chi connectivity index (χ4n) is 3.66. The van der Waals surface area contributed by atoms with Gasteiger partial charge in [-0.05, 0) is 25.0 Å². The second-order valence-electron chi connectivity index (χ2n) is 6.88. The topological polar surface area (TPSA) is 90.1 Å². The molecule has 0 radical (unpaired) electrons. The number of aromatic nitrogens is 2. The molecule has 0 spiro atoms. The van der Waals surface area contributed by atoms with Gasteiger partial charge in [-0.15, -0.1) is 0 Å². The van der Waals surface area contributed by atoms with Gasteiger partial charge in [0, 0.05) is 55.5 Å². The Morgan fingerprint density at radius 1 is 1.15 bits per heavy atom. The number of anilines is 1. The molecular weight excluding hydrogens is 330 g/mol. The molecule has 0 saturated carbocycles. The van der Waals surface area contributed by atoms with Crippen LogP contribution >= 0.6 is 0 Å². The van der Waals surface area contributed by atoms with Gasteiger partial charge in [-0.1, -0.05) is 18.2 Å². The van der Waals surface area contributed by atoms with Gasteiger partial charge in [-0.3, -0.25) is 14.7 Å². The largest absolute Gasteiger partial charge is 0.337 e. The lowest BCUT2D eigenvalue weighted by atomic mass is 9.95. The number of carbonyl (C=O) groups is 2. The van der Waals surface area contributed by atoms with Gasteiger partial charge in [-0.25, -0.2) is 0 Å². The Bertz CT molecular complexity index is 794. The minimum absolute atomic E-state index is 0.0321. The predicted octanol–water partition coefficient (Wildman–Crippen LogP) is 1.55. The third-order valence-corrected chi connectivity index (χ3v) is 5.20. The van der Waals surface area contributed by atoms with E-state index in [0.29, 0.717) is 38.2 Å². The highest BCUT2D eigenvalue weighted by molar-refractivity contribution is 5.95. The molecule has 0 unspecified atom stereocenters. The van der Waals surface area contributed by atoms with Crippen LogP contribution in [0.3, 0.4) is 0 Å². The van der Waals surface area contributed by atoms with Crippen molar-refractivity contribution in [3.8, 4) is 0 Å². The molecule has 0 bridgehead atoms. The van der Waals surface area contributed by atoms with E-state index in [2.05, 4.69) is 20.8 Å². The summed E-state index contributed by atoms with van der Waals surface area (Å²) in [6.45, 7) is 2.76. The van der Waals surface area contributed by atoms with Crippen molar-refractivity contribution in [3.05, 3.63) is 47.3 Å². The van der Waals surface area contributed by atoms with Gasteiger partial charge in [-0.2, -0.15) is 5.10 Å². The van der Waals surface area contributed by atoms with E-state index in [4.69, 9.17) is 0 Å². The predicted molar refractivity (Wildman–Crippen MR) is 97.7 cm³/mol. The minimum Gasteiger partial charge on any atom is -0.337 e. The maximum Gasteiger partial charge on any atom is 0.274 e. The summed E-state index contributed by atoms with van der Waals surface area (Å²) in [6, 6.07) is 9.48. The molecule has 2 aliphatic heterocycles. The van der Waals surface area contributed by atoms with Crippen molar-refractivity contribution in [1.82, 2.24) is 20.4 Å². The van der Waals surface area contributed by atoms with Gasteiger partial charge in [0.25, 0.3) is 5.91 Å². The fourth-order valence-corrected chi connectivity index (χ4v) is 3.66. The number of hydrogen-bond acceptors (Lipinski definition) is 4. The van der Waals surface area contributed by atoms with Crippen LogP contribution in [-0.4, -0.2) is 46.5 Å². The number of benzene rings is 1. The van der Waals surface area contributed by atoms with Crippen molar-refractivity contribution in [1.29, 1.82) is 0 Å². The van der Waals surface area contributed by atoms with Crippen molar-refractivity contribution in [2.24, 2.45) is 5.92 Å². The van der Waals surface area contributed by atoms with E-state index in [1.54, 1.807) is 0 Å². The first-order chi connectivity index (χ1) is 12.7. The molecule has 0 aliphatic carbocycles. The van der Waals surface area contributed by atoms with Crippen molar-refractivity contribution >= 4 is 17.5 Å². The molecule has 4 rings (SSSR count). The summed E-state index contributed by atoms with van der Waals surface area (Å²) in [5, 5.41) is 13.5. The Hall–Kier alpha value is -2.67. The van der Waals surface area contributed by atoms with Gasteiger partial charge in [0.15, 0.2) is 5.69 Å². The van der Waals surface area contributed by atoms with Crippen molar-refractivity contribution in [2.45, 2.75) is 25.8 Å². The second kappa shape index (κ2) is 7.29. The van der Waals surface area contributed by atoms with Gasteiger partial charge in [0.05, 0.1) is 0 Å². The number of amides is 2. The first-order valence-corrected chi connectivity index (χ1v) is 9.14. The Morgan fingerprint density at radius 3 is 2.69 bits per heavy atom.